The first kappa shape index (κ1) is 18.6. The molecule has 0 saturated heterocycles. The Bertz CT molecular complexity index is 930. The molecule has 134 valence electrons. The minimum atomic E-state index is 0.00245. The predicted molar refractivity (Wildman–Crippen MR) is 110 cm³/mol. The van der Waals surface area contributed by atoms with Crippen molar-refractivity contribution in [2.45, 2.75) is 19.9 Å². The van der Waals surface area contributed by atoms with Gasteiger partial charge in [-0.05, 0) is 36.2 Å². The number of nitrogens with zero attached hydrogens (tertiary/aromatic N) is 2. The highest BCUT2D eigenvalue weighted by Gasteiger charge is 2.08. The number of benzene rings is 2. The van der Waals surface area contributed by atoms with Crippen molar-refractivity contribution < 1.29 is 4.79 Å². The van der Waals surface area contributed by atoms with Crippen LogP contribution in [0.15, 0.2) is 69.4 Å². The topological polar surface area (TPSA) is 46.4 Å². The molecule has 26 heavy (non-hydrogen) atoms. The number of carbonyl (C=O) groups excluding carboxylic acids is 1. The third-order valence-electron chi connectivity index (χ3n) is 3.85. The molecule has 1 amide bonds. The molecule has 0 spiro atoms. The molecule has 3 aromatic rings. The summed E-state index contributed by atoms with van der Waals surface area (Å²) in [5, 5.41) is 5.00. The van der Waals surface area contributed by atoms with Gasteiger partial charge in [-0.2, -0.15) is 0 Å². The van der Waals surface area contributed by atoms with Crippen LogP contribution >= 0.6 is 27.3 Å². The molecule has 1 N–H and O–H groups in total. The van der Waals surface area contributed by atoms with Crippen LogP contribution in [0.1, 0.15) is 13.3 Å². The molecule has 0 fully saturated rings. The summed E-state index contributed by atoms with van der Waals surface area (Å²) >= 11 is 5.12. The monoisotopic (exact) mass is 429 g/mol. The summed E-state index contributed by atoms with van der Waals surface area (Å²) in [4.78, 5) is 16.9. The zero-order chi connectivity index (χ0) is 18.4. The van der Waals surface area contributed by atoms with E-state index in [4.69, 9.17) is 4.99 Å². The zero-order valence-corrected chi connectivity index (χ0v) is 16.9. The van der Waals surface area contributed by atoms with Gasteiger partial charge in [0.2, 0.25) is 5.91 Å². The maximum Gasteiger partial charge on any atom is 0.216 e. The van der Waals surface area contributed by atoms with E-state index in [0.29, 0.717) is 6.54 Å². The third-order valence-corrected chi connectivity index (χ3v) is 5.24. The number of thiazole rings is 1. The van der Waals surface area contributed by atoms with E-state index in [1.54, 1.807) is 18.3 Å². The number of amides is 1. The summed E-state index contributed by atoms with van der Waals surface area (Å²) < 4.78 is 3.28. The molecule has 0 unspecified atom stereocenters. The van der Waals surface area contributed by atoms with E-state index in [-0.39, 0.29) is 5.91 Å². The summed E-state index contributed by atoms with van der Waals surface area (Å²) in [6, 6.07) is 18.3. The van der Waals surface area contributed by atoms with Crippen LogP contribution in [0.5, 0.6) is 0 Å². The van der Waals surface area contributed by atoms with E-state index in [1.165, 1.54) is 0 Å². The minimum Gasteiger partial charge on any atom is -0.356 e. The van der Waals surface area contributed by atoms with Gasteiger partial charge in [-0.25, -0.2) is 4.99 Å². The minimum absolute atomic E-state index is 0.00245. The Labute approximate surface area is 165 Å². The fraction of sp³-hybridized carbons (Fsp3) is 0.200. The van der Waals surface area contributed by atoms with Crippen LogP contribution in [-0.4, -0.2) is 17.0 Å². The average molecular weight is 430 g/mol. The van der Waals surface area contributed by atoms with Crippen molar-refractivity contribution in [3.8, 4) is 11.3 Å². The summed E-state index contributed by atoms with van der Waals surface area (Å²) in [7, 11) is 0. The molecule has 0 radical (unpaired) electrons. The van der Waals surface area contributed by atoms with Gasteiger partial charge >= 0.3 is 0 Å². The molecular weight excluding hydrogens is 410 g/mol. The van der Waals surface area contributed by atoms with Crippen molar-refractivity contribution >= 4 is 38.9 Å². The Balaban J connectivity index is 1.95. The number of nitrogens with one attached hydrogen (secondary N) is 1. The number of para-hydroxylation sites is 1. The Morgan fingerprint density at radius 3 is 2.58 bits per heavy atom. The van der Waals surface area contributed by atoms with Crippen molar-refractivity contribution in [2.24, 2.45) is 4.99 Å². The molecule has 0 atom stereocenters. The average Bonchev–Trinajstić information content (AvgIpc) is 3.02. The molecule has 1 aromatic heterocycles. The van der Waals surface area contributed by atoms with E-state index in [0.717, 1.165) is 39.2 Å². The van der Waals surface area contributed by atoms with Gasteiger partial charge in [-0.3, -0.25) is 4.79 Å². The van der Waals surface area contributed by atoms with Crippen LogP contribution in [0.3, 0.4) is 0 Å². The summed E-state index contributed by atoms with van der Waals surface area (Å²) in [6.45, 7) is 2.99. The molecule has 0 saturated carbocycles. The van der Waals surface area contributed by atoms with Gasteiger partial charge in [0, 0.05) is 29.9 Å². The van der Waals surface area contributed by atoms with E-state index in [1.807, 2.05) is 42.5 Å². The lowest BCUT2D eigenvalue weighted by molar-refractivity contribution is -0.118. The van der Waals surface area contributed by atoms with Crippen molar-refractivity contribution in [2.75, 3.05) is 6.54 Å². The number of rotatable bonds is 6. The number of hydrogen-bond donors (Lipinski definition) is 1. The highest BCUT2D eigenvalue weighted by molar-refractivity contribution is 9.10. The smallest absolute Gasteiger partial charge is 0.216 e. The van der Waals surface area contributed by atoms with E-state index in [9.17, 15) is 4.79 Å². The zero-order valence-electron chi connectivity index (χ0n) is 14.5. The van der Waals surface area contributed by atoms with Crippen LogP contribution in [0.25, 0.3) is 11.3 Å². The Morgan fingerprint density at radius 2 is 1.88 bits per heavy atom. The fourth-order valence-electron chi connectivity index (χ4n) is 2.60. The van der Waals surface area contributed by atoms with Gasteiger partial charge in [0.1, 0.15) is 0 Å². The SMILES string of the molecule is CC(=O)NCCCn1c(-c2ccc(Br)cc2)csc1=Nc1ccccc1. The van der Waals surface area contributed by atoms with Crippen molar-refractivity contribution in [3.63, 3.8) is 0 Å². The third kappa shape index (κ3) is 4.93. The lowest BCUT2D eigenvalue weighted by Gasteiger charge is -2.10. The molecule has 1 heterocycles. The van der Waals surface area contributed by atoms with Gasteiger partial charge in [-0.1, -0.05) is 46.3 Å². The summed E-state index contributed by atoms with van der Waals surface area (Å²) in [5.74, 6) is 0.00245. The van der Waals surface area contributed by atoms with Gasteiger partial charge in [0.25, 0.3) is 0 Å². The molecule has 0 aliphatic carbocycles. The summed E-state index contributed by atoms with van der Waals surface area (Å²) in [5.41, 5.74) is 3.23. The maximum absolute atomic E-state index is 11.1. The highest BCUT2D eigenvalue weighted by atomic mass is 79.9. The van der Waals surface area contributed by atoms with E-state index in [2.05, 4.69) is 43.3 Å². The van der Waals surface area contributed by atoms with Crippen molar-refractivity contribution in [1.29, 1.82) is 0 Å². The lowest BCUT2D eigenvalue weighted by atomic mass is 10.2. The molecule has 6 heteroatoms. The molecule has 4 nitrogen and oxygen atoms in total. The normalized spacial score (nSPS) is 11.5. The molecule has 2 aromatic carbocycles. The fourth-order valence-corrected chi connectivity index (χ4v) is 3.82. The van der Waals surface area contributed by atoms with Gasteiger partial charge in [0.15, 0.2) is 4.80 Å². The second-order valence-electron chi connectivity index (χ2n) is 5.85. The van der Waals surface area contributed by atoms with E-state index < -0.39 is 0 Å². The molecule has 0 aliphatic heterocycles. The van der Waals surface area contributed by atoms with Crippen molar-refractivity contribution in [1.82, 2.24) is 9.88 Å². The standard InChI is InChI=1S/C20H20BrN3OS/c1-15(25)22-12-5-13-24-19(16-8-10-17(21)11-9-16)14-26-20(24)23-18-6-3-2-4-7-18/h2-4,6-11,14H,5,12-13H2,1H3,(H,22,25). The molecule has 0 bridgehead atoms. The summed E-state index contributed by atoms with van der Waals surface area (Å²) in [6.07, 6.45) is 0.849. The largest absolute Gasteiger partial charge is 0.356 e. The molecule has 3 rings (SSSR count). The second kappa shape index (κ2) is 8.96. The first-order valence-corrected chi connectivity index (χ1v) is 10.1. The lowest BCUT2D eigenvalue weighted by Crippen LogP contribution is -2.24. The maximum atomic E-state index is 11.1. The first-order valence-electron chi connectivity index (χ1n) is 8.42. The number of carbonyl (C=O) groups is 1. The van der Waals surface area contributed by atoms with E-state index >= 15 is 0 Å². The predicted octanol–water partition coefficient (Wildman–Crippen LogP) is 4.74. The van der Waals surface area contributed by atoms with Gasteiger partial charge < -0.3 is 9.88 Å². The first-order chi connectivity index (χ1) is 12.6. The Morgan fingerprint density at radius 1 is 1.15 bits per heavy atom. The van der Waals surface area contributed by atoms with Crippen LogP contribution in [0.2, 0.25) is 0 Å². The van der Waals surface area contributed by atoms with Crippen LogP contribution in [0, 0.1) is 0 Å². The van der Waals surface area contributed by atoms with Crippen LogP contribution < -0.4 is 10.1 Å². The van der Waals surface area contributed by atoms with Gasteiger partial charge in [-0.15, -0.1) is 11.3 Å². The quantitative estimate of drug-likeness (QED) is 0.565. The molecular formula is C20H20BrN3OS. The number of halogens is 1. The Hall–Kier alpha value is -2.18. The number of aromatic nitrogens is 1. The second-order valence-corrected chi connectivity index (χ2v) is 7.60. The van der Waals surface area contributed by atoms with Gasteiger partial charge in [0.05, 0.1) is 11.4 Å². The highest BCUT2D eigenvalue weighted by Crippen LogP contribution is 2.23. The van der Waals surface area contributed by atoms with Crippen molar-refractivity contribution in [3.05, 3.63) is 69.3 Å². The van der Waals surface area contributed by atoms with Crippen LogP contribution in [-0.2, 0) is 11.3 Å². The van der Waals surface area contributed by atoms with Crippen LogP contribution in [0.4, 0.5) is 5.69 Å². The Kier molecular flexibility index (Phi) is 6.41. The number of hydrogen-bond acceptors (Lipinski definition) is 3. The molecule has 0 aliphatic rings.